The molecule has 0 aromatic heterocycles. The monoisotopic (exact) mass is 294 g/mol. The Labute approximate surface area is 108 Å². The number of anilines is 1. The van der Waals surface area contributed by atoms with Gasteiger partial charge in [-0.1, -0.05) is 0 Å². The van der Waals surface area contributed by atoms with Crippen molar-refractivity contribution >= 4 is 21.6 Å². The first kappa shape index (κ1) is 11.0. The van der Waals surface area contributed by atoms with Crippen LogP contribution in [0.15, 0.2) is 16.6 Å². The lowest BCUT2D eigenvalue weighted by molar-refractivity contribution is 0.578. The first-order valence-electron chi connectivity index (χ1n) is 5.78. The van der Waals surface area contributed by atoms with E-state index in [1.807, 2.05) is 6.07 Å². The van der Waals surface area contributed by atoms with Crippen LogP contribution in [-0.4, -0.2) is 13.1 Å². The lowest BCUT2D eigenvalue weighted by atomic mass is 10.1. The molecule has 1 aliphatic heterocycles. The molecular weight excluding hydrogens is 283 g/mol. The third-order valence-electron chi connectivity index (χ3n) is 3.89. The van der Waals surface area contributed by atoms with Crippen LogP contribution in [0.4, 0.5) is 10.1 Å². The Morgan fingerprint density at radius 2 is 2.12 bits per heavy atom. The molecule has 2 nitrogen and oxygen atoms in total. The van der Waals surface area contributed by atoms with Crippen molar-refractivity contribution in [1.82, 2.24) is 0 Å². The molecule has 0 bridgehead atoms. The topological polar surface area (TPSA) is 27.0 Å². The highest BCUT2D eigenvalue weighted by atomic mass is 79.9. The molecule has 1 heterocycles. The van der Waals surface area contributed by atoms with Crippen molar-refractivity contribution in [3.05, 3.63) is 28.0 Å². The first-order valence-corrected chi connectivity index (χ1v) is 6.57. The van der Waals surface area contributed by atoms with E-state index < -0.39 is 0 Å². The normalized spacial score (nSPS) is 20.6. The van der Waals surface area contributed by atoms with Crippen LogP contribution in [0.1, 0.15) is 24.8 Å². The summed E-state index contributed by atoms with van der Waals surface area (Å²) in [6.45, 7) is 1.89. The van der Waals surface area contributed by atoms with Gasteiger partial charge in [-0.25, -0.2) is 4.39 Å². The van der Waals surface area contributed by atoms with E-state index >= 15 is 0 Å². The molecule has 17 heavy (non-hydrogen) atoms. The van der Waals surface area contributed by atoms with Gasteiger partial charge in [0.25, 0.3) is 0 Å². The number of nitriles is 1. The van der Waals surface area contributed by atoms with Crippen molar-refractivity contribution in [3.63, 3.8) is 0 Å². The fraction of sp³-hybridized carbons (Fsp3) is 0.462. The summed E-state index contributed by atoms with van der Waals surface area (Å²) in [5.74, 6) is -0.289. The molecule has 0 atom stereocenters. The molecule has 0 N–H and O–H groups in total. The van der Waals surface area contributed by atoms with Crippen molar-refractivity contribution in [2.75, 3.05) is 18.0 Å². The van der Waals surface area contributed by atoms with Gasteiger partial charge in [0.05, 0.1) is 11.3 Å². The summed E-state index contributed by atoms with van der Waals surface area (Å²) in [6.07, 6.45) is 3.73. The molecule has 1 aromatic carbocycles. The second-order valence-corrected chi connectivity index (χ2v) is 5.92. The van der Waals surface area contributed by atoms with Crippen LogP contribution in [0.25, 0.3) is 0 Å². The molecule has 0 unspecified atom stereocenters. The van der Waals surface area contributed by atoms with Gasteiger partial charge in [0.2, 0.25) is 0 Å². The van der Waals surface area contributed by atoms with Crippen molar-refractivity contribution in [1.29, 1.82) is 5.26 Å². The molecule has 88 valence electrons. The second-order valence-electron chi connectivity index (χ2n) is 5.07. The number of nitrogens with zero attached hydrogens (tertiary/aromatic N) is 2. The van der Waals surface area contributed by atoms with Gasteiger partial charge < -0.3 is 4.90 Å². The molecule has 2 fully saturated rings. The zero-order valence-corrected chi connectivity index (χ0v) is 10.9. The number of benzene rings is 1. The summed E-state index contributed by atoms with van der Waals surface area (Å²) in [5, 5.41) is 8.83. The number of hydrogen-bond donors (Lipinski definition) is 0. The van der Waals surface area contributed by atoms with E-state index in [4.69, 9.17) is 5.26 Å². The third kappa shape index (κ3) is 1.83. The van der Waals surface area contributed by atoms with E-state index in [0.29, 0.717) is 21.1 Å². The lowest BCUT2D eigenvalue weighted by Crippen LogP contribution is -2.21. The highest BCUT2D eigenvalue weighted by molar-refractivity contribution is 9.10. The molecule has 4 heteroatoms. The summed E-state index contributed by atoms with van der Waals surface area (Å²) in [7, 11) is 0. The van der Waals surface area contributed by atoms with Crippen LogP contribution in [0.2, 0.25) is 0 Å². The third-order valence-corrected chi connectivity index (χ3v) is 4.55. The Morgan fingerprint density at radius 1 is 1.35 bits per heavy atom. The molecule has 1 aliphatic carbocycles. The van der Waals surface area contributed by atoms with E-state index in [1.54, 1.807) is 6.07 Å². The van der Waals surface area contributed by atoms with Crippen molar-refractivity contribution in [3.8, 4) is 6.07 Å². The maximum Gasteiger partial charge on any atom is 0.147 e. The minimum atomic E-state index is -0.289. The Kier molecular flexibility index (Phi) is 2.41. The second kappa shape index (κ2) is 3.71. The van der Waals surface area contributed by atoms with Gasteiger partial charge in [-0.15, -0.1) is 0 Å². The minimum absolute atomic E-state index is 0.289. The van der Waals surface area contributed by atoms with E-state index in [2.05, 4.69) is 20.8 Å². The SMILES string of the molecule is N#Cc1cc(F)c(N2CCC3(CC3)C2)cc1Br. The summed E-state index contributed by atoms with van der Waals surface area (Å²) in [6, 6.07) is 5.03. The molecule has 3 rings (SSSR count). The smallest absolute Gasteiger partial charge is 0.147 e. The molecule has 1 spiro atoms. The van der Waals surface area contributed by atoms with Gasteiger partial charge in [0.15, 0.2) is 0 Å². The molecule has 1 aromatic rings. The van der Waals surface area contributed by atoms with Gasteiger partial charge >= 0.3 is 0 Å². The van der Waals surface area contributed by atoms with E-state index in [1.165, 1.54) is 25.3 Å². The fourth-order valence-electron chi connectivity index (χ4n) is 2.59. The van der Waals surface area contributed by atoms with Crippen LogP contribution < -0.4 is 4.90 Å². The predicted octanol–water partition coefficient (Wildman–Crippen LogP) is 3.45. The zero-order valence-electron chi connectivity index (χ0n) is 9.34. The van der Waals surface area contributed by atoms with Crippen molar-refractivity contribution < 1.29 is 4.39 Å². The minimum Gasteiger partial charge on any atom is -0.369 e. The van der Waals surface area contributed by atoms with E-state index in [0.717, 1.165) is 13.1 Å². The summed E-state index contributed by atoms with van der Waals surface area (Å²) < 4.78 is 14.6. The van der Waals surface area contributed by atoms with Gasteiger partial charge in [-0.2, -0.15) is 5.26 Å². The van der Waals surface area contributed by atoms with Gasteiger partial charge in [0.1, 0.15) is 11.9 Å². The number of hydrogen-bond acceptors (Lipinski definition) is 2. The highest BCUT2D eigenvalue weighted by Crippen LogP contribution is 2.53. The number of rotatable bonds is 1. The van der Waals surface area contributed by atoms with E-state index in [9.17, 15) is 4.39 Å². The summed E-state index contributed by atoms with van der Waals surface area (Å²) in [5.41, 5.74) is 1.46. The molecule has 1 saturated heterocycles. The van der Waals surface area contributed by atoms with Crippen LogP contribution in [0.5, 0.6) is 0 Å². The largest absolute Gasteiger partial charge is 0.369 e. The quantitative estimate of drug-likeness (QED) is 0.793. The maximum absolute atomic E-state index is 13.9. The highest BCUT2D eigenvalue weighted by Gasteiger charge is 2.48. The Morgan fingerprint density at radius 3 is 2.71 bits per heavy atom. The van der Waals surface area contributed by atoms with Crippen molar-refractivity contribution in [2.24, 2.45) is 5.41 Å². The molecular formula is C13H12BrFN2. The fourth-order valence-corrected chi connectivity index (χ4v) is 3.01. The average Bonchev–Trinajstić information content (AvgIpc) is 2.93. The number of halogens is 2. The Bertz CT molecular complexity index is 517. The van der Waals surface area contributed by atoms with E-state index in [-0.39, 0.29) is 5.82 Å². The lowest BCUT2D eigenvalue weighted by Gasteiger charge is -2.20. The van der Waals surface area contributed by atoms with Gasteiger partial charge in [-0.05, 0) is 52.7 Å². The molecule has 1 saturated carbocycles. The average molecular weight is 295 g/mol. The zero-order chi connectivity index (χ0) is 12.0. The van der Waals surface area contributed by atoms with Gasteiger partial charge in [-0.3, -0.25) is 0 Å². The Balaban J connectivity index is 1.93. The summed E-state index contributed by atoms with van der Waals surface area (Å²) >= 11 is 3.32. The van der Waals surface area contributed by atoms with Crippen LogP contribution in [0.3, 0.4) is 0 Å². The van der Waals surface area contributed by atoms with Gasteiger partial charge in [0, 0.05) is 17.6 Å². The van der Waals surface area contributed by atoms with Crippen LogP contribution in [-0.2, 0) is 0 Å². The van der Waals surface area contributed by atoms with Crippen LogP contribution in [0, 0.1) is 22.6 Å². The standard InChI is InChI=1S/C13H12BrFN2/c14-10-6-12(11(15)5-9(10)7-16)17-4-3-13(8-17)1-2-13/h5-6H,1-4,8H2. The molecule has 0 radical (unpaired) electrons. The predicted molar refractivity (Wildman–Crippen MR) is 67.3 cm³/mol. The molecule has 0 amide bonds. The summed E-state index contributed by atoms with van der Waals surface area (Å²) in [4.78, 5) is 2.11. The van der Waals surface area contributed by atoms with Crippen LogP contribution >= 0.6 is 15.9 Å². The maximum atomic E-state index is 13.9. The molecule has 2 aliphatic rings. The van der Waals surface area contributed by atoms with Crippen molar-refractivity contribution in [2.45, 2.75) is 19.3 Å². The first-order chi connectivity index (χ1) is 8.13. The Hall–Kier alpha value is -1.08.